The molecule has 50 heavy (non-hydrogen) atoms. The highest BCUT2D eigenvalue weighted by Crippen LogP contribution is 2.42. The topological polar surface area (TPSA) is 129 Å². The first-order valence-electron chi connectivity index (χ1n) is 18.0. The van der Waals surface area contributed by atoms with Gasteiger partial charge in [-0.25, -0.2) is 9.97 Å². The van der Waals surface area contributed by atoms with Gasteiger partial charge in [0.05, 0.1) is 5.92 Å². The van der Waals surface area contributed by atoms with Crippen LogP contribution in [0.25, 0.3) is 11.0 Å². The van der Waals surface area contributed by atoms with Crippen molar-refractivity contribution in [2.45, 2.75) is 69.9 Å². The van der Waals surface area contributed by atoms with Gasteiger partial charge >= 0.3 is 0 Å². The van der Waals surface area contributed by atoms with Crippen LogP contribution in [0.3, 0.4) is 0 Å². The second kappa shape index (κ2) is 13.1. The number of carbonyl (C=O) groups is 3. The Bertz CT molecular complexity index is 1900. The minimum absolute atomic E-state index is 0.0177. The van der Waals surface area contributed by atoms with E-state index in [4.69, 9.17) is 4.98 Å². The molecule has 1 aliphatic carbocycles. The minimum atomic E-state index is -0.241. The van der Waals surface area contributed by atoms with Crippen LogP contribution < -0.4 is 15.5 Å². The standard InChI is InChI=1S/C38H45N9O3/c1-44(2)36(50)31-19-27-21-40-37(43-34(27)47(31)29-5-3-4-6-29)41-32-13-7-25(20-39-32)22-45-23-38(24-45)15-17-46(18-16-38)28-10-8-26(9-11-28)30-12-14-33(48)42-35(30)49/h7-11,13,19-21,29-30H,3-6,12,14-18,22-24H2,1-2H3,(H,42,48,49)(H,39,40,41,43)/t30-/m0/s1. The second-order valence-corrected chi connectivity index (χ2v) is 14.9. The van der Waals surface area contributed by atoms with Crippen LogP contribution in [-0.4, -0.2) is 87.3 Å². The van der Waals surface area contributed by atoms with Crippen molar-refractivity contribution in [3.8, 4) is 0 Å². The lowest BCUT2D eigenvalue weighted by atomic mass is 9.72. The van der Waals surface area contributed by atoms with Gasteiger partial charge in [-0.1, -0.05) is 31.0 Å². The molecule has 0 unspecified atom stereocenters. The molecule has 4 aromatic rings. The van der Waals surface area contributed by atoms with E-state index >= 15 is 0 Å². The van der Waals surface area contributed by atoms with Crippen molar-refractivity contribution >= 4 is 46.2 Å². The van der Waals surface area contributed by atoms with E-state index in [0.29, 0.717) is 35.7 Å². The van der Waals surface area contributed by atoms with Crippen molar-refractivity contribution in [1.82, 2.24) is 34.6 Å². The molecule has 0 bridgehead atoms. The number of piperidine rings is 2. The van der Waals surface area contributed by atoms with Gasteiger partial charge in [-0.2, -0.15) is 4.98 Å². The Balaban J connectivity index is 0.845. The molecule has 4 aliphatic rings. The van der Waals surface area contributed by atoms with Crippen LogP contribution in [0.5, 0.6) is 0 Å². The molecule has 3 aliphatic heterocycles. The number of imide groups is 1. The van der Waals surface area contributed by atoms with Crippen molar-refractivity contribution in [3.05, 3.63) is 71.7 Å². The first kappa shape index (κ1) is 32.4. The molecule has 260 valence electrons. The molecule has 1 spiro atoms. The first-order valence-corrected chi connectivity index (χ1v) is 18.0. The third-order valence-electron chi connectivity index (χ3n) is 11.2. The first-order chi connectivity index (χ1) is 24.2. The number of anilines is 3. The Kier molecular flexibility index (Phi) is 8.50. The fourth-order valence-electron chi connectivity index (χ4n) is 8.46. The number of pyridine rings is 1. The number of rotatable bonds is 8. The Morgan fingerprint density at radius 2 is 1.74 bits per heavy atom. The van der Waals surface area contributed by atoms with Crippen LogP contribution in [0.1, 0.15) is 84.9 Å². The number of hydrogen-bond acceptors (Lipinski definition) is 9. The molecule has 6 heterocycles. The molecule has 0 radical (unpaired) electrons. The number of aromatic nitrogens is 4. The van der Waals surface area contributed by atoms with E-state index in [1.807, 2.05) is 30.5 Å². The molecule has 4 fully saturated rings. The molecule has 3 amide bonds. The number of likely N-dealkylation sites (tertiary alicyclic amines) is 1. The molecule has 3 saturated heterocycles. The van der Waals surface area contributed by atoms with Gasteiger partial charge in [0.15, 0.2) is 0 Å². The summed E-state index contributed by atoms with van der Waals surface area (Å²) in [5, 5.41) is 6.61. The summed E-state index contributed by atoms with van der Waals surface area (Å²) in [6.45, 7) is 5.13. The molecule has 12 heteroatoms. The number of amides is 3. The minimum Gasteiger partial charge on any atom is -0.371 e. The van der Waals surface area contributed by atoms with Gasteiger partial charge in [-0.05, 0) is 72.9 Å². The van der Waals surface area contributed by atoms with Crippen LogP contribution in [0.4, 0.5) is 17.5 Å². The average molecular weight is 676 g/mol. The largest absolute Gasteiger partial charge is 0.371 e. The third-order valence-corrected chi connectivity index (χ3v) is 11.2. The van der Waals surface area contributed by atoms with Gasteiger partial charge in [-0.15, -0.1) is 0 Å². The maximum Gasteiger partial charge on any atom is 0.270 e. The van der Waals surface area contributed by atoms with E-state index in [-0.39, 0.29) is 29.7 Å². The van der Waals surface area contributed by atoms with Gasteiger partial charge in [0.25, 0.3) is 5.91 Å². The van der Waals surface area contributed by atoms with E-state index in [2.05, 4.69) is 53.2 Å². The Morgan fingerprint density at radius 3 is 2.42 bits per heavy atom. The summed E-state index contributed by atoms with van der Waals surface area (Å²) in [4.78, 5) is 57.5. The van der Waals surface area contributed by atoms with Crippen LogP contribution in [-0.2, 0) is 16.1 Å². The van der Waals surface area contributed by atoms with Crippen molar-refractivity contribution in [1.29, 1.82) is 0 Å². The molecule has 1 saturated carbocycles. The Hall–Kier alpha value is -4.84. The zero-order chi connectivity index (χ0) is 34.4. The summed E-state index contributed by atoms with van der Waals surface area (Å²) < 4.78 is 2.13. The van der Waals surface area contributed by atoms with Crippen molar-refractivity contribution in [2.75, 3.05) is 50.5 Å². The lowest BCUT2D eigenvalue weighted by molar-refractivity contribution is -0.134. The smallest absolute Gasteiger partial charge is 0.270 e. The molecule has 1 aromatic carbocycles. The SMILES string of the molecule is CN(C)C(=O)c1cc2cnc(Nc3ccc(CN4CC5(CCN(c6ccc([C@@H]7CCC(=O)NC7=O)cc6)CC5)C4)cn3)nc2n1C1CCCC1. The highest BCUT2D eigenvalue weighted by Gasteiger charge is 2.44. The van der Waals surface area contributed by atoms with Gasteiger partial charge in [0, 0.05) is 82.7 Å². The number of fused-ring (bicyclic) bond motifs is 1. The molecule has 2 N–H and O–H groups in total. The quantitative estimate of drug-likeness (QED) is 0.248. The van der Waals surface area contributed by atoms with Crippen LogP contribution >= 0.6 is 0 Å². The van der Waals surface area contributed by atoms with Gasteiger partial charge in [0.1, 0.15) is 17.2 Å². The van der Waals surface area contributed by atoms with E-state index in [9.17, 15) is 14.4 Å². The van der Waals surface area contributed by atoms with E-state index < -0.39 is 0 Å². The Morgan fingerprint density at radius 1 is 0.980 bits per heavy atom. The Labute approximate surface area is 292 Å². The molecule has 12 nitrogen and oxygen atoms in total. The molecule has 3 aromatic heterocycles. The predicted octanol–water partition coefficient (Wildman–Crippen LogP) is 5.01. The lowest BCUT2D eigenvalue weighted by Crippen LogP contribution is -2.59. The maximum absolute atomic E-state index is 13.0. The van der Waals surface area contributed by atoms with Crippen molar-refractivity contribution < 1.29 is 14.4 Å². The highest BCUT2D eigenvalue weighted by molar-refractivity contribution is 6.01. The van der Waals surface area contributed by atoms with Crippen molar-refractivity contribution in [2.24, 2.45) is 5.41 Å². The summed E-state index contributed by atoms with van der Waals surface area (Å²) in [5.41, 5.74) is 5.19. The number of nitrogens with one attached hydrogen (secondary N) is 2. The van der Waals surface area contributed by atoms with Crippen molar-refractivity contribution in [3.63, 3.8) is 0 Å². The van der Waals surface area contributed by atoms with Crippen LogP contribution in [0.15, 0.2) is 54.9 Å². The third kappa shape index (κ3) is 6.32. The fraction of sp³-hybridized carbons (Fsp3) is 0.474. The zero-order valence-corrected chi connectivity index (χ0v) is 28.9. The van der Waals surface area contributed by atoms with E-state index in [1.165, 1.54) is 24.1 Å². The maximum atomic E-state index is 13.0. The zero-order valence-electron chi connectivity index (χ0n) is 28.9. The normalized spacial score (nSPS) is 21.0. The van der Waals surface area contributed by atoms with Gasteiger partial charge in [-0.3, -0.25) is 24.6 Å². The summed E-state index contributed by atoms with van der Waals surface area (Å²) in [6, 6.07) is 14.6. The fourth-order valence-corrected chi connectivity index (χ4v) is 8.46. The summed E-state index contributed by atoms with van der Waals surface area (Å²) in [5.74, 6) is 0.540. The predicted molar refractivity (Wildman–Crippen MR) is 191 cm³/mol. The van der Waals surface area contributed by atoms with Crippen LogP contribution in [0.2, 0.25) is 0 Å². The van der Waals surface area contributed by atoms with E-state index in [1.54, 1.807) is 25.2 Å². The monoisotopic (exact) mass is 675 g/mol. The summed E-state index contributed by atoms with van der Waals surface area (Å²) >= 11 is 0. The summed E-state index contributed by atoms with van der Waals surface area (Å²) in [7, 11) is 3.57. The number of nitrogens with zero attached hydrogens (tertiary/aromatic N) is 7. The molecular weight excluding hydrogens is 630 g/mol. The highest BCUT2D eigenvalue weighted by atomic mass is 16.2. The molecule has 8 rings (SSSR count). The average Bonchev–Trinajstić information content (AvgIpc) is 3.77. The number of carbonyl (C=O) groups excluding carboxylic acids is 3. The van der Waals surface area contributed by atoms with Gasteiger partial charge < -0.3 is 19.7 Å². The number of hydrogen-bond donors (Lipinski definition) is 2. The molecule has 1 atom stereocenters. The van der Waals surface area contributed by atoms with Gasteiger partial charge in [0.2, 0.25) is 17.8 Å². The lowest BCUT2D eigenvalue weighted by Gasteiger charge is -2.54. The summed E-state index contributed by atoms with van der Waals surface area (Å²) in [6.07, 6.45) is 11.5. The second-order valence-electron chi connectivity index (χ2n) is 14.9. The number of benzene rings is 1. The molecular formula is C38H45N9O3. The van der Waals surface area contributed by atoms with E-state index in [0.717, 1.165) is 75.0 Å². The van der Waals surface area contributed by atoms with Crippen LogP contribution in [0, 0.1) is 5.41 Å².